The van der Waals surface area contributed by atoms with Crippen LogP contribution in [0.4, 0.5) is 10.3 Å². The van der Waals surface area contributed by atoms with Gasteiger partial charge < -0.3 is 9.33 Å². The van der Waals surface area contributed by atoms with Crippen LogP contribution < -0.4 is 4.90 Å². The van der Waals surface area contributed by atoms with E-state index >= 15 is 0 Å². The van der Waals surface area contributed by atoms with Crippen LogP contribution in [0.2, 0.25) is 16.6 Å². The van der Waals surface area contributed by atoms with E-state index in [4.69, 9.17) is 4.43 Å². The maximum Gasteiger partial charge on any atom is 0.233 e. The summed E-state index contributed by atoms with van der Waals surface area (Å²) in [6, 6.07) is 3.08. The van der Waals surface area contributed by atoms with Crippen LogP contribution in [0.15, 0.2) is 18.3 Å². The molecule has 0 radical (unpaired) electrons. The lowest BCUT2D eigenvalue weighted by molar-refractivity contribution is 0.181. The van der Waals surface area contributed by atoms with Gasteiger partial charge in [0.25, 0.3) is 0 Å². The van der Waals surface area contributed by atoms with Crippen molar-refractivity contribution >= 4 is 19.9 Å². The minimum absolute atomic E-state index is 0.00969. The number of hydrogen-bond acceptors (Lipinski definition) is 4. The quantitative estimate of drug-likeness (QED) is 0.664. The fourth-order valence-electron chi connectivity index (χ4n) is 4.78. The summed E-state index contributed by atoms with van der Waals surface area (Å²) in [7, 11) is -2.00. The van der Waals surface area contributed by atoms with Crippen LogP contribution in [0.3, 0.4) is 0 Å². The molecule has 1 fully saturated rings. The van der Waals surface area contributed by atoms with E-state index in [1.165, 1.54) is 12.3 Å². The predicted molar refractivity (Wildman–Crippen MR) is 105 cm³/mol. The highest BCUT2D eigenvalue weighted by atomic mass is 28.4. The third-order valence-corrected chi connectivity index (χ3v) is 11.9. The molecular weight excluding hydrogens is 347 g/mol. The maximum absolute atomic E-state index is 13.7. The number of pyridine rings is 1. The molecule has 1 atom stereocenters. The van der Waals surface area contributed by atoms with Crippen molar-refractivity contribution < 1.29 is 8.82 Å². The second-order valence-corrected chi connectivity index (χ2v) is 13.7. The van der Waals surface area contributed by atoms with E-state index in [0.29, 0.717) is 28.2 Å². The van der Waals surface area contributed by atoms with E-state index in [0.717, 1.165) is 19.4 Å². The molecule has 1 aliphatic rings. The molecule has 7 heteroatoms. The molecule has 3 rings (SSSR count). The molecule has 3 heterocycles. The smallest absolute Gasteiger partial charge is 0.233 e. The van der Waals surface area contributed by atoms with Gasteiger partial charge in [0.05, 0.1) is 0 Å². The number of fused-ring (bicyclic) bond motifs is 1. The van der Waals surface area contributed by atoms with Gasteiger partial charge in [0.1, 0.15) is 12.0 Å². The summed E-state index contributed by atoms with van der Waals surface area (Å²) in [4.78, 5) is 2.17. The molecule has 2 aromatic rings. The lowest BCUT2D eigenvalue weighted by Crippen LogP contribution is -2.52. The SMILES string of the molecule is CC(C)[Si](OC1CCCN1c1nnc2ccc(F)cn12)(C(C)C)C(C)C. The maximum atomic E-state index is 13.7. The van der Waals surface area contributed by atoms with E-state index < -0.39 is 8.32 Å². The lowest BCUT2D eigenvalue weighted by Gasteiger charge is -2.45. The van der Waals surface area contributed by atoms with E-state index in [1.807, 2.05) is 0 Å². The zero-order chi connectivity index (χ0) is 19.1. The minimum Gasteiger partial charge on any atom is -0.396 e. The molecule has 26 heavy (non-hydrogen) atoms. The fourth-order valence-corrected chi connectivity index (χ4v) is 10.3. The number of halogens is 1. The summed E-state index contributed by atoms with van der Waals surface area (Å²) in [6.07, 6.45) is 3.47. The number of rotatable bonds is 6. The average Bonchev–Trinajstić information content (AvgIpc) is 3.16. The largest absolute Gasteiger partial charge is 0.396 e. The fraction of sp³-hybridized carbons (Fsp3) is 0.684. The summed E-state index contributed by atoms with van der Waals surface area (Å²) in [5, 5.41) is 8.54. The van der Waals surface area contributed by atoms with Gasteiger partial charge in [-0.15, -0.1) is 10.2 Å². The third kappa shape index (κ3) is 3.15. The first-order valence-electron chi connectivity index (χ1n) is 9.72. The van der Waals surface area contributed by atoms with Crippen LogP contribution >= 0.6 is 0 Å². The van der Waals surface area contributed by atoms with Gasteiger partial charge in [-0.25, -0.2) is 4.39 Å². The summed E-state index contributed by atoms with van der Waals surface area (Å²) in [6.45, 7) is 14.7. The van der Waals surface area contributed by atoms with Gasteiger partial charge in [-0.2, -0.15) is 0 Å². The summed E-state index contributed by atoms with van der Waals surface area (Å²) in [5.74, 6) is 0.395. The molecule has 0 amide bonds. The van der Waals surface area contributed by atoms with E-state index in [2.05, 4.69) is 56.6 Å². The van der Waals surface area contributed by atoms with Crippen molar-refractivity contribution in [1.29, 1.82) is 0 Å². The predicted octanol–water partition coefficient (Wildman–Crippen LogP) is 4.99. The third-order valence-electron chi connectivity index (χ3n) is 5.85. The van der Waals surface area contributed by atoms with E-state index in [1.54, 1.807) is 10.5 Å². The molecule has 1 saturated heterocycles. The lowest BCUT2D eigenvalue weighted by atomic mass is 10.4. The number of hydrogen-bond donors (Lipinski definition) is 0. The number of anilines is 1. The van der Waals surface area contributed by atoms with Crippen LogP contribution in [0.25, 0.3) is 5.65 Å². The van der Waals surface area contributed by atoms with E-state index in [-0.39, 0.29) is 12.0 Å². The zero-order valence-corrected chi connectivity index (χ0v) is 17.7. The van der Waals surface area contributed by atoms with Gasteiger partial charge in [0.2, 0.25) is 14.3 Å². The van der Waals surface area contributed by atoms with Crippen LogP contribution in [-0.4, -0.2) is 35.7 Å². The van der Waals surface area contributed by atoms with Crippen LogP contribution in [0, 0.1) is 5.82 Å². The first-order valence-corrected chi connectivity index (χ1v) is 11.9. The van der Waals surface area contributed by atoms with Crippen molar-refractivity contribution in [2.75, 3.05) is 11.4 Å². The number of nitrogens with zero attached hydrogens (tertiary/aromatic N) is 4. The summed E-state index contributed by atoms with van der Waals surface area (Å²) >= 11 is 0. The van der Waals surface area contributed by atoms with Crippen LogP contribution in [0.5, 0.6) is 0 Å². The highest BCUT2D eigenvalue weighted by Gasteiger charge is 2.48. The molecule has 0 saturated carbocycles. The van der Waals surface area contributed by atoms with Gasteiger partial charge in [-0.3, -0.25) is 4.40 Å². The van der Waals surface area contributed by atoms with Gasteiger partial charge in [0.15, 0.2) is 5.65 Å². The molecule has 144 valence electrons. The minimum atomic E-state index is -2.00. The van der Waals surface area contributed by atoms with Gasteiger partial charge in [-0.05, 0) is 41.6 Å². The molecule has 1 aliphatic heterocycles. The molecule has 0 aromatic carbocycles. The van der Waals surface area contributed by atoms with Gasteiger partial charge >= 0.3 is 0 Å². The Bertz CT molecular complexity index is 739. The molecule has 1 unspecified atom stereocenters. The Morgan fingerprint density at radius 1 is 1.08 bits per heavy atom. The Balaban J connectivity index is 1.95. The molecule has 0 N–H and O–H groups in total. The van der Waals surface area contributed by atoms with Crippen molar-refractivity contribution in [2.45, 2.75) is 77.2 Å². The second kappa shape index (κ2) is 7.27. The first-order chi connectivity index (χ1) is 12.3. The van der Waals surface area contributed by atoms with Crippen molar-refractivity contribution in [3.63, 3.8) is 0 Å². The van der Waals surface area contributed by atoms with Crippen molar-refractivity contribution in [1.82, 2.24) is 14.6 Å². The van der Waals surface area contributed by atoms with E-state index in [9.17, 15) is 4.39 Å². The zero-order valence-electron chi connectivity index (χ0n) is 16.7. The Morgan fingerprint density at radius 3 is 2.35 bits per heavy atom. The first kappa shape index (κ1) is 19.3. The molecule has 0 spiro atoms. The molecule has 2 aromatic heterocycles. The van der Waals surface area contributed by atoms with Crippen molar-refractivity contribution in [3.05, 3.63) is 24.1 Å². The Kier molecular flexibility index (Phi) is 5.39. The van der Waals surface area contributed by atoms with Crippen LogP contribution in [0.1, 0.15) is 54.4 Å². The molecule has 0 aliphatic carbocycles. The van der Waals surface area contributed by atoms with Crippen LogP contribution in [-0.2, 0) is 4.43 Å². The summed E-state index contributed by atoms with van der Waals surface area (Å²) < 4.78 is 22.5. The van der Waals surface area contributed by atoms with Crippen molar-refractivity contribution in [3.8, 4) is 0 Å². The molecular formula is C19H31FN4OSi. The Labute approximate surface area is 156 Å². The standard InChI is InChI=1S/C19H31FN4OSi/c1-13(2)26(14(3)4,15(5)6)25-18-8-7-11-23(18)19-22-21-17-10-9-16(20)12-24(17)19/h9-10,12-15,18H,7-8,11H2,1-6H3. The summed E-state index contributed by atoms with van der Waals surface area (Å²) in [5.41, 5.74) is 2.24. The topological polar surface area (TPSA) is 42.7 Å². The average molecular weight is 379 g/mol. The van der Waals surface area contributed by atoms with Crippen molar-refractivity contribution in [2.24, 2.45) is 0 Å². The molecule has 0 bridgehead atoms. The Morgan fingerprint density at radius 2 is 1.73 bits per heavy atom. The Hall–Kier alpha value is -1.47. The number of aromatic nitrogens is 3. The highest BCUT2D eigenvalue weighted by Crippen LogP contribution is 2.44. The normalized spacial score (nSPS) is 18.8. The monoisotopic (exact) mass is 378 g/mol. The molecule has 5 nitrogen and oxygen atoms in total. The van der Waals surface area contributed by atoms with Gasteiger partial charge in [-0.1, -0.05) is 41.5 Å². The second-order valence-electron chi connectivity index (χ2n) is 8.30. The van der Waals surface area contributed by atoms with Gasteiger partial charge in [0, 0.05) is 12.7 Å². The highest BCUT2D eigenvalue weighted by molar-refractivity contribution is 6.77.